The maximum absolute atomic E-state index is 12.6. The molecule has 1 aromatic rings. The highest BCUT2D eigenvalue weighted by atomic mass is 16.5. The summed E-state index contributed by atoms with van der Waals surface area (Å²) in [5.74, 6) is 0. The van der Waals surface area contributed by atoms with Crippen molar-refractivity contribution in [1.29, 1.82) is 5.26 Å². The lowest BCUT2D eigenvalue weighted by Gasteiger charge is -2.23. The number of hydrogen-bond donors (Lipinski definition) is 0. The summed E-state index contributed by atoms with van der Waals surface area (Å²) in [7, 11) is 0. The van der Waals surface area contributed by atoms with Crippen molar-refractivity contribution in [2.24, 2.45) is 0 Å². The summed E-state index contributed by atoms with van der Waals surface area (Å²) in [6, 6.07) is 2.12. The average Bonchev–Trinajstić information content (AvgIpc) is 3.33. The van der Waals surface area contributed by atoms with Gasteiger partial charge in [0.05, 0.1) is 6.10 Å². The van der Waals surface area contributed by atoms with E-state index < -0.39 is 5.56 Å². The fourth-order valence-corrected chi connectivity index (χ4v) is 3.17. The van der Waals surface area contributed by atoms with Crippen LogP contribution in [0.5, 0.6) is 0 Å². The van der Waals surface area contributed by atoms with Gasteiger partial charge < -0.3 is 4.74 Å². The van der Waals surface area contributed by atoms with E-state index in [1.165, 1.54) is 4.57 Å². The SMILES string of the molecule is Cc1c(C#N)c(=O)n(CCC2CCCCO2)c(=O)n1C1CC1. The summed E-state index contributed by atoms with van der Waals surface area (Å²) >= 11 is 0. The van der Waals surface area contributed by atoms with Crippen molar-refractivity contribution in [3.63, 3.8) is 0 Å². The van der Waals surface area contributed by atoms with Crippen molar-refractivity contribution in [2.75, 3.05) is 6.61 Å². The van der Waals surface area contributed by atoms with E-state index in [9.17, 15) is 14.9 Å². The van der Waals surface area contributed by atoms with E-state index in [-0.39, 0.29) is 23.4 Å². The largest absolute Gasteiger partial charge is 0.378 e. The highest BCUT2D eigenvalue weighted by Gasteiger charge is 2.29. The van der Waals surface area contributed by atoms with E-state index >= 15 is 0 Å². The van der Waals surface area contributed by atoms with Crippen LogP contribution in [0, 0.1) is 18.3 Å². The molecule has 1 unspecified atom stereocenters. The first-order valence-corrected chi connectivity index (χ1v) is 8.01. The van der Waals surface area contributed by atoms with Gasteiger partial charge in [-0.15, -0.1) is 0 Å². The Balaban J connectivity index is 1.92. The number of ether oxygens (including phenoxy) is 1. The molecule has 6 heteroatoms. The number of rotatable bonds is 4. The molecule has 2 fully saturated rings. The molecule has 0 aromatic carbocycles. The van der Waals surface area contributed by atoms with Crippen LogP contribution in [0.3, 0.4) is 0 Å². The van der Waals surface area contributed by atoms with Crippen LogP contribution in [0.2, 0.25) is 0 Å². The van der Waals surface area contributed by atoms with E-state index in [1.807, 2.05) is 6.07 Å². The highest BCUT2D eigenvalue weighted by molar-refractivity contribution is 5.31. The molecule has 6 nitrogen and oxygen atoms in total. The van der Waals surface area contributed by atoms with Crippen LogP contribution in [0.1, 0.15) is 55.8 Å². The Labute approximate surface area is 128 Å². The summed E-state index contributed by atoms with van der Waals surface area (Å²) in [5, 5.41) is 9.25. The Bertz CT molecular complexity index is 716. The van der Waals surface area contributed by atoms with E-state index in [4.69, 9.17) is 4.74 Å². The molecule has 1 atom stereocenters. The fraction of sp³-hybridized carbons (Fsp3) is 0.688. The third-order valence-electron chi connectivity index (χ3n) is 4.59. The standard InChI is InChI=1S/C16H21N3O3/c1-11-14(10-17)15(20)18(16(21)19(11)12-5-6-12)8-7-13-4-2-3-9-22-13/h12-13H,2-9H2,1H3. The minimum Gasteiger partial charge on any atom is -0.378 e. The van der Waals surface area contributed by atoms with Crippen molar-refractivity contribution in [1.82, 2.24) is 9.13 Å². The summed E-state index contributed by atoms with van der Waals surface area (Å²) in [6.07, 6.45) is 5.82. The Kier molecular flexibility index (Phi) is 4.16. The van der Waals surface area contributed by atoms with Crippen LogP contribution in [-0.4, -0.2) is 21.8 Å². The molecule has 0 bridgehead atoms. The molecule has 0 N–H and O–H groups in total. The molecule has 1 aliphatic heterocycles. The van der Waals surface area contributed by atoms with Crippen molar-refractivity contribution in [2.45, 2.75) is 64.1 Å². The van der Waals surface area contributed by atoms with Crippen LogP contribution in [-0.2, 0) is 11.3 Å². The van der Waals surface area contributed by atoms with Gasteiger partial charge in [-0.05, 0) is 45.4 Å². The lowest BCUT2D eigenvalue weighted by molar-refractivity contribution is 0.00841. The van der Waals surface area contributed by atoms with Gasteiger partial charge in [0.1, 0.15) is 11.6 Å². The van der Waals surface area contributed by atoms with Gasteiger partial charge in [0.2, 0.25) is 0 Å². The summed E-state index contributed by atoms with van der Waals surface area (Å²) < 4.78 is 8.51. The molecular weight excluding hydrogens is 282 g/mol. The first-order valence-electron chi connectivity index (χ1n) is 8.01. The van der Waals surface area contributed by atoms with Gasteiger partial charge in [0.25, 0.3) is 5.56 Å². The maximum Gasteiger partial charge on any atom is 0.331 e. The molecule has 2 aliphatic rings. The minimum atomic E-state index is -0.460. The third-order valence-corrected chi connectivity index (χ3v) is 4.59. The second-order valence-corrected chi connectivity index (χ2v) is 6.19. The summed E-state index contributed by atoms with van der Waals surface area (Å²) in [5.41, 5.74) is -0.140. The van der Waals surface area contributed by atoms with Crippen LogP contribution in [0.25, 0.3) is 0 Å². The number of nitrogens with zero attached hydrogens (tertiary/aromatic N) is 3. The van der Waals surface area contributed by atoms with Crippen molar-refractivity contribution in [3.8, 4) is 6.07 Å². The second kappa shape index (κ2) is 6.09. The molecule has 0 amide bonds. The molecule has 1 saturated heterocycles. The molecule has 118 valence electrons. The van der Waals surface area contributed by atoms with Crippen molar-refractivity contribution < 1.29 is 4.74 Å². The predicted octanol–water partition coefficient (Wildman–Crippen LogP) is 1.48. The zero-order valence-electron chi connectivity index (χ0n) is 12.9. The molecular formula is C16H21N3O3. The van der Waals surface area contributed by atoms with E-state index in [1.54, 1.807) is 11.5 Å². The zero-order valence-corrected chi connectivity index (χ0v) is 12.9. The molecule has 0 spiro atoms. The van der Waals surface area contributed by atoms with Crippen LogP contribution in [0.15, 0.2) is 9.59 Å². The van der Waals surface area contributed by atoms with E-state index in [2.05, 4.69) is 0 Å². The van der Waals surface area contributed by atoms with Gasteiger partial charge in [-0.3, -0.25) is 13.9 Å². The van der Waals surface area contributed by atoms with Crippen molar-refractivity contribution in [3.05, 3.63) is 32.1 Å². The highest BCUT2D eigenvalue weighted by Crippen LogP contribution is 2.34. The van der Waals surface area contributed by atoms with Gasteiger partial charge in [-0.25, -0.2) is 4.79 Å². The molecule has 2 heterocycles. The fourth-order valence-electron chi connectivity index (χ4n) is 3.17. The van der Waals surface area contributed by atoms with Gasteiger partial charge in [-0.1, -0.05) is 0 Å². The quantitative estimate of drug-likeness (QED) is 0.844. The normalized spacial score (nSPS) is 21.5. The zero-order chi connectivity index (χ0) is 15.7. The van der Waals surface area contributed by atoms with Gasteiger partial charge in [0.15, 0.2) is 0 Å². The number of nitriles is 1. The lowest BCUT2D eigenvalue weighted by Crippen LogP contribution is -2.43. The van der Waals surface area contributed by atoms with Crippen molar-refractivity contribution >= 4 is 0 Å². The first-order chi connectivity index (χ1) is 10.6. The smallest absolute Gasteiger partial charge is 0.331 e. The Morgan fingerprint density at radius 2 is 2.05 bits per heavy atom. The average molecular weight is 303 g/mol. The summed E-state index contributed by atoms with van der Waals surface area (Å²) in [4.78, 5) is 25.0. The summed E-state index contributed by atoms with van der Waals surface area (Å²) in [6.45, 7) is 2.77. The number of aromatic nitrogens is 2. The molecule has 1 aromatic heterocycles. The van der Waals surface area contributed by atoms with Gasteiger partial charge in [-0.2, -0.15) is 5.26 Å². The molecule has 22 heavy (non-hydrogen) atoms. The lowest BCUT2D eigenvalue weighted by atomic mass is 10.1. The second-order valence-electron chi connectivity index (χ2n) is 6.19. The minimum absolute atomic E-state index is 0.0936. The van der Waals surface area contributed by atoms with Crippen LogP contribution in [0.4, 0.5) is 0 Å². The maximum atomic E-state index is 12.6. The first kappa shape index (κ1) is 15.0. The topological polar surface area (TPSA) is 77.0 Å². The molecule has 1 saturated carbocycles. The van der Waals surface area contributed by atoms with E-state index in [0.29, 0.717) is 18.7 Å². The Hall–Kier alpha value is -1.87. The third kappa shape index (κ3) is 2.73. The molecule has 3 rings (SSSR count). The molecule has 1 aliphatic carbocycles. The van der Waals surface area contributed by atoms with Gasteiger partial charge >= 0.3 is 5.69 Å². The van der Waals surface area contributed by atoms with Crippen LogP contribution >= 0.6 is 0 Å². The van der Waals surface area contributed by atoms with Gasteiger partial charge in [0, 0.05) is 24.9 Å². The predicted molar refractivity (Wildman–Crippen MR) is 80.9 cm³/mol. The van der Waals surface area contributed by atoms with E-state index in [0.717, 1.165) is 38.7 Å². The monoisotopic (exact) mass is 303 g/mol. The Morgan fingerprint density at radius 3 is 2.64 bits per heavy atom. The number of hydrogen-bond acceptors (Lipinski definition) is 4. The molecule has 0 radical (unpaired) electrons. The van der Waals surface area contributed by atoms with Crippen LogP contribution < -0.4 is 11.2 Å². The Morgan fingerprint density at radius 1 is 1.27 bits per heavy atom.